The van der Waals surface area contributed by atoms with E-state index < -0.39 is 0 Å². The van der Waals surface area contributed by atoms with Gasteiger partial charge >= 0.3 is 6.03 Å². The van der Waals surface area contributed by atoms with Gasteiger partial charge in [0.1, 0.15) is 0 Å². The van der Waals surface area contributed by atoms with E-state index in [0.717, 1.165) is 51.1 Å². The number of anilines is 1. The molecule has 3 amide bonds. The van der Waals surface area contributed by atoms with Gasteiger partial charge in [-0.05, 0) is 49.4 Å². The number of carbonyl (C=O) groups excluding carboxylic acids is 2. The summed E-state index contributed by atoms with van der Waals surface area (Å²) in [4.78, 5) is 32.4. The van der Waals surface area contributed by atoms with Gasteiger partial charge in [-0.3, -0.25) is 4.79 Å². The van der Waals surface area contributed by atoms with Crippen molar-refractivity contribution in [3.8, 4) is 0 Å². The number of amides is 3. The summed E-state index contributed by atoms with van der Waals surface area (Å²) in [6.45, 7) is 9.57. The average Bonchev–Trinajstić information content (AvgIpc) is 3.15. The first-order valence-electron chi connectivity index (χ1n) is 11.0. The van der Waals surface area contributed by atoms with Crippen molar-refractivity contribution < 1.29 is 9.59 Å². The number of rotatable bonds is 3. The van der Waals surface area contributed by atoms with Crippen molar-refractivity contribution in [2.24, 2.45) is 16.7 Å². The van der Waals surface area contributed by atoms with Crippen molar-refractivity contribution >= 4 is 29.2 Å². The molecule has 3 fully saturated rings. The summed E-state index contributed by atoms with van der Waals surface area (Å²) in [5, 5.41) is 3.62. The third-order valence-corrected chi connectivity index (χ3v) is 7.64. The van der Waals surface area contributed by atoms with Gasteiger partial charge in [-0.25, -0.2) is 4.79 Å². The lowest BCUT2D eigenvalue weighted by atomic mass is 9.60. The van der Waals surface area contributed by atoms with E-state index in [9.17, 15) is 9.59 Å². The summed E-state index contributed by atoms with van der Waals surface area (Å²) >= 11 is 5.93. The predicted octanol–water partition coefficient (Wildman–Crippen LogP) is 3.77. The molecule has 2 spiro atoms. The third kappa shape index (κ3) is 3.69. The van der Waals surface area contributed by atoms with Crippen LogP contribution in [0.2, 0.25) is 5.02 Å². The van der Waals surface area contributed by atoms with E-state index in [-0.39, 0.29) is 16.9 Å². The number of nitrogens with zero attached hydrogens (tertiary/aromatic N) is 3. The Labute approximate surface area is 184 Å². The summed E-state index contributed by atoms with van der Waals surface area (Å²) < 4.78 is 0. The molecule has 1 atom stereocenters. The van der Waals surface area contributed by atoms with E-state index in [0.29, 0.717) is 29.9 Å². The van der Waals surface area contributed by atoms with Gasteiger partial charge in [-0.2, -0.15) is 0 Å². The Morgan fingerprint density at radius 1 is 1.10 bits per heavy atom. The van der Waals surface area contributed by atoms with Gasteiger partial charge in [0.25, 0.3) is 0 Å². The predicted molar refractivity (Wildman–Crippen MR) is 120 cm³/mol. The number of nitrogens with one attached hydrogen (secondary N) is 1. The number of fused-ring (bicyclic) bond motifs is 1. The molecule has 7 heteroatoms. The van der Waals surface area contributed by atoms with Gasteiger partial charge in [0.2, 0.25) is 5.91 Å². The molecule has 1 aromatic rings. The zero-order valence-electron chi connectivity index (χ0n) is 18.3. The number of hydrogen-bond donors (Lipinski definition) is 1. The minimum absolute atomic E-state index is 0.0270. The topological polar surface area (TPSA) is 55.9 Å². The highest BCUT2D eigenvalue weighted by atomic mass is 35.5. The van der Waals surface area contributed by atoms with Crippen molar-refractivity contribution in [1.29, 1.82) is 0 Å². The molecule has 0 saturated carbocycles. The van der Waals surface area contributed by atoms with Crippen LogP contribution in [-0.2, 0) is 4.79 Å². The highest BCUT2D eigenvalue weighted by molar-refractivity contribution is 6.30. The molecule has 6 nitrogen and oxygen atoms in total. The fourth-order valence-corrected chi connectivity index (χ4v) is 6.04. The first-order valence-corrected chi connectivity index (χ1v) is 11.4. The van der Waals surface area contributed by atoms with Gasteiger partial charge in [0.15, 0.2) is 0 Å². The second kappa shape index (κ2) is 8.04. The molecule has 3 aliphatic rings. The Balaban J connectivity index is 1.47. The van der Waals surface area contributed by atoms with Gasteiger partial charge < -0.3 is 20.0 Å². The first-order chi connectivity index (χ1) is 14.2. The monoisotopic (exact) mass is 432 g/mol. The van der Waals surface area contributed by atoms with Crippen LogP contribution in [0, 0.1) is 16.7 Å². The number of urea groups is 1. The lowest BCUT2D eigenvalue weighted by Gasteiger charge is -2.46. The molecular weight excluding hydrogens is 400 g/mol. The van der Waals surface area contributed by atoms with E-state index in [2.05, 4.69) is 24.1 Å². The molecule has 1 N–H and O–H groups in total. The second-order valence-corrected chi connectivity index (χ2v) is 10.3. The van der Waals surface area contributed by atoms with Gasteiger partial charge in [0, 0.05) is 62.4 Å². The second-order valence-electron chi connectivity index (χ2n) is 9.83. The number of piperidine rings is 1. The highest BCUT2D eigenvalue weighted by Gasteiger charge is 2.64. The van der Waals surface area contributed by atoms with Crippen LogP contribution in [0.1, 0.15) is 33.1 Å². The molecule has 3 aliphatic heterocycles. The van der Waals surface area contributed by atoms with Crippen LogP contribution in [0.3, 0.4) is 0 Å². The SMILES string of the molecule is CC(C)CN1CC2(CCN(C(=O)Nc3ccc(Cl)cc3)CC2)C2(CCN(C)C2=O)C1. The molecule has 30 heavy (non-hydrogen) atoms. The Kier molecular flexibility index (Phi) is 5.75. The molecule has 0 aliphatic carbocycles. The summed E-state index contributed by atoms with van der Waals surface area (Å²) in [6.07, 6.45) is 2.71. The number of likely N-dealkylation sites (tertiary alicyclic amines) is 3. The van der Waals surface area contributed by atoms with Gasteiger partial charge in [-0.15, -0.1) is 0 Å². The normalized spacial score (nSPS) is 26.4. The molecule has 3 heterocycles. The minimum Gasteiger partial charge on any atom is -0.345 e. The molecule has 4 rings (SSSR count). The molecule has 0 bridgehead atoms. The van der Waals surface area contributed by atoms with Crippen molar-refractivity contribution in [2.45, 2.75) is 33.1 Å². The standard InChI is InChI=1S/C23H33ClN4O2/c1-17(2)14-27-15-22(23(16-27)10-11-26(3)20(23)29)8-12-28(13-9-22)21(30)25-19-6-4-18(24)5-7-19/h4-7,17H,8-16H2,1-3H3,(H,25,30). The lowest BCUT2D eigenvalue weighted by Crippen LogP contribution is -2.54. The smallest absolute Gasteiger partial charge is 0.321 e. The molecule has 3 saturated heterocycles. The molecule has 164 valence electrons. The van der Waals surface area contributed by atoms with E-state index in [1.807, 2.05) is 29.0 Å². The van der Waals surface area contributed by atoms with Crippen LogP contribution in [0.4, 0.5) is 10.5 Å². The number of carbonyl (C=O) groups is 2. The molecular formula is C23H33ClN4O2. The number of hydrogen-bond acceptors (Lipinski definition) is 3. The summed E-state index contributed by atoms with van der Waals surface area (Å²) in [5.74, 6) is 0.893. The zero-order valence-corrected chi connectivity index (χ0v) is 19.0. The van der Waals surface area contributed by atoms with Crippen molar-refractivity contribution in [1.82, 2.24) is 14.7 Å². The Hall–Kier alpha value is -1.79. The maximum atomic E-state index is 13.3. The fraction of sp³-hybridized carbons (Fsp3) is 0.652. The average molecular weight is 433 g/mol. The quantitative estimate of drug-likeness (QED) is 0.790. The maximum Gasteiger partial charge on any atom is 0.321 e. The Morgan fingerprint density at radius 2 is 1.77 bits per heavy atom. The highest BCUT2D eigenvalue weighted by Crippen LogP contribution is 2.57. The van der Waals surface area contributed by atoms with Crippen LogP contribution < -0.4 is 5.32 Å². The molecule has 1 aromatic carbocycles. The Bertz CT molecular complexity index is 804. The maximum absolute atomic E-state index is 13.3. The summed E-state index contributed by atoms with van der Waals surface area (Å²) in [6, 6.07) is 7.10. The number of benzene rings is 1. The third-order valence-electron chi connectivity index (χ3n) is 7.39. The fourth-order valence-electron chi connectivity index (χ4n) is 5.91. The van der Waals surface area contributed by atoms with Crippen LogP contribution in [0.5, 0.6) is 0 Å². The van der Waals surface area contributed by atoms with Crippen LogP contribution in [0.15, 0.2) is 24.3 Å². The van der Waals surface area contributed by atoms with E-state index in [1.54, 1.807) is 12.1 Å². The van der Waals surface area contributed by atoms with Crippen molar-refractivity contribution in [2.75, 3.05) is 51.6 Å². The Morgan fingerprint density at radius 3 is 2.33 bits per heavy atom. The van der Waals surface area contributed by atoms with E-state index in [1.165, 1.54) is 0 Å². The molecule has 0 radical (unpaired) electrons. The molecule has 1 unspecified atom stereocenters. The largest absolute Gasteiger partial charge is 0.345 e. The lowest BCUT2D eigenvalue weighted by molar-refractivity contribution is -0.141. The van der Waals surface area contributed by atoms with Gasteiger partial charge in [0.05, 0.1) is 5.41 Å². The van der Waals surface area contributed by atoms with Crippen LogP contribution in [0.25, 0.3) is 0 Å². The minimum atomic E-state index is -0.282. The van der Waals surface area contributed by atoms with Crippen molar-refractivity contribution in [3.05, 3.63) is 29.3 Å². The van der Waals surface area contributed by atoms with Crippen LogP contribution in [-0.4, -0.2) is 73.0 Å². The summed E-state index contributed by atoms with van der Waals surface area (Å²) in [7, 11) is 1.94. The number of halogens is 1. The van der Waals surface area contributed by atoms with Crippen molar-refractivity contribution in [3.63, 3.8) is 0 Å². The van der Waals surface area contributed by atoms with E-state index >= 15 is 0 Å². The zero-order chi connectivity index (χ0) is 21.5. The van der Waals surface area contributed by atoms with E-state index in [4.69, 9.17) is 11.6 Å². The summed E-state index contributed by atoms with van der Waals surface area (Å²) in [5.41, 5.74) is 0.439. The molecule has 0 aromatic heterocycles. The first kappa shape index (κ1) is 21.4. The van der Waals surface area contributed by atoms with Crippen LogP contribution >= 0.6 is 11.6 Å². The van der Waals surface area contributed by atoms with Gasteiger partial charge in [-0.1, -0.05) is 25.4 Å².